The molecule has 3 aromatic carbocycles. The maximum absolute atomic E-state index is 13.9. The van der Waals surface area contributed by atoms with Gasteiger partial charge in [-0.15, -0.1) is 0 Å². The van der Waals surface area contributed by atoms with Gasteiger partial charge in [0.15, 0.2) is 0 Å². The number of imidazole rings is 2. The molecule has 2 unspecified atom stereocenters. The fourth-order valence-corrected chi connectivity index (χ4v) is 10.9. The molecular formula is C49H58N8O6. The number of H-pyrrole nitrogens is 2. The van der Waals surface area contributed by atoms with Crippen molar-refractivity contribution in [1.29, 1.82) is 0 Å². The Hall–Kier alpha value is -6.18. The largest absolute Gasteiger partial charge is 0.453 e. The van der Waals surface area contributed by atoms with E-state index >= 15 is 0 Å². The molecule has 2 aliphatic heterocycles. The number of rotatable bonds is 11. The summed E-state index contributed by atoms with van der Waals surface area (Å²) in [5.74, 6) is 1.97. The zero-order chi connectivity index (χ0) is 44.1. The standard InChI is InChI=1S/C49H58N8O6/c1-26(2)42(54-48(60)62-5)46(58)56-21-9-13-38(56)44-50-24-36(52-44)33-18-17-32(30-11-7-8-12-31(30)33)34-19-20-35(41-29-16-15-28(23-29)40(34)41)37-25-51-45(53-37)39-14-10-22-57(39)47(59)43(27(3)4)55-49(61)63-6/h7-8,11-12,17-20,24-29,38-39,42-43H,9-10,13-16,21-23H2,1-6H3,(H,50,52)(H,51,53)(H,54,60)(H,55,61)/t28?,29?,38-,39-,42-,43-/m0/s1. The highest BCUT2D eigenvalue weighted by Crippen LogP contribution is 2.58. The fraction of sp³-hybridized carbons (Fsp3) is 0.469. The molecular weight excluding hydrogens is 797 g/mol. The normalized spacial score (nSPS) is 21.3. The highest BCUT2D eigenvalue weighted by molar-refractivity contribution is 6.05. The van der Waals surface area contributed by atoms with E-state index in [1.807, 2.05) is 49.9 Å². The topological polar surface area (TPSA) is 175 Å². The van der Waals surface area contributed by atoms with Crippen LogP contribution in [0.1, 0.15) is 119 Å². The summed E-state index contributed by atoms with van der Waals surface area (Å²) in [6.45, 7) is 8.87. The third-order valence-corrected chi connectivity index (χ3v) is 14.0. The van der Waals surface area contributed by atoms with Crippen LogP contribution < -0.4 is 10.6 Å². The summed E-state index contributed by atoms with van der Waals surface area (Å²) in [5.41, 5.74) is 9.36. The second kappa shape index (κ2) is 17.2. The number of fused-ring (bicyclic) bond motifs is 6. The van der Waals surface area contributed by atoms with E-state index in [9.17, 15) is 19.2 Å². The van der Waals surface area contributed by atoms with E-state index in [2.05, 4.69) is 69.1 Å². The first kappa shape index (κ1) is 42.1. The number of nitrogens with zero attached hydrogens (tertiary/aromatic N) is 4. The van der Waals surface area contributed by atoms with Gasteiger partial charge in [0, 0.05) is 24.2 Å². The van der Waals surface area contributed by atoms with Crippen molar-refractivity contribution in [2.75, 3.05) is 27.3 Å². The number of aromatic nitrogens is 4. The quantitative estimate of drug-likeness (QED) is 0.102. The van der Waals surface area contributed by atoms with Crippen LogP contribution in [0, 0.1) is 11.8 Å². The SMILES string of the molecule is COC(=O)N[C@H](C(=O)N1CCC[C@H]1c1ncc(-c2ccc(-c3ccc(-c4cnc([C@@H]5CCCN5C(=O)[C@@H](NC(=O)OC)C(C)C)[nH]4)c4ccccc34)c3c2C2CCC3C2)[nH]1)C(C)C. The summed E-state index contributed by atoms with van der Waals surface area (Å²) in [6, 6.07) is 15.7. The van der Waals surface area contributed by atoms with Crippen LogP contribution in [0.15, 0.2) is 60.9 Å². The van der Waals surface area contributed by atoms with Gasteiger partial charge >= 0.3 is 12.2 Å². The molecule has 5 aromatic rings. The third-order valence-electron chi connectivity index (χ3n) is 14.0. The molecule has 6 atom stereocenters. The van der Waals surface area contributed by atoms with E-state index < -0.39 is 24.3 Å². The van der Waals surface area contributed by atoms with Crippen molar-refractivity contribution >= 4 is 34.8 Å². The van der Waals surface area contributed by atoms with Gasteiger partial charge < -0.3 is 39.9 Å². The van der Waals surface area contributed by atoms with E-state index in [0.717, 1.165) is 77.9 Å². The van der Waals surface area contributed by atoms with Crippen LogP contribution in [0.4, 0.5) is 9.59 Å². The fourth-order valence-electron chi connectivity index (χ4n) is 10.9. The Morgan fingerprint density at radius 2 is 1.06 bits per heavy atom. The Labute approximate surface area is 367 Å². The van der Waals surface area contributed by atoms with Gasteiger partial charge in [0.25, 0.3) is 0 Å². The summed E-state index contributed by atoms with van der Waals surface area (Å²) in [4.78, 5) is 72.6. The van der Waals surface area contributed by atoms with Gasteiger partial charge in [-0.3, -0.25) is 9.59 Å². The minimum Gasteiger partial charge on any atom is -0.453 e. The zero-order valence-electron chi connectivity index (χ0n) is 37.0. The molecule has 2 aliphatic carbocycles. The molecule has 0 spiro atoms. The first-order chi connectivity index (χ1) is 30.5. The van der Waals surface area contributed by atoms with Crippen LogP contribution >= 0.6 is 0 Å². The van der Waals surface area contributed by atoms with Crippen LogP contribution in [0.2, 0.25) is 0 Å². The Kier molecular flexibility index (Phi) is 11.5. The zero-order valence-corrected chi connectivity index (χ0v) is 37.0. The van der Waals surface area contributed by atoms with Gasteiger partial charge in [-0.25, -0.2) is 19.6 Å². The van der Waals surface area contributed by atoms with Crippen LogP contribution in [0.25, 0.3) is 44.4 Å². The van der Waals surface area contributed by atoms with Crippen molar-refractivity contribution in [2.24, 2.45) is 11.8 Å². The van der Waals surface area contributed by atoms with Gasteiger partial charge in [-0.05, 0) is 102 Å². The molecule has 4 N–H and O–H groups in total. The van der Waals surface area contributed by atoms with Crippen LogP contribution in [-0.2, 0) is 19.1 Å². The third kappa shape index (κ3) is 7.60. The van der Waals surface area contributed by atoms with Gasteiger partial charge in [-0.1, -0.05) is 76.2 Å². The lowest BCUT2D eigenvalue weighted by Gasteiger charge is -2.30. The Balaban J connectivity index is 1.01. The molecule has 14 heteroatoms. The number of amides is 4. The van der Waals surface area contributed by atoms with Crippen LogP contribution in [-0.4, -0.2) is 93.1 Å². The molecule has 4 aliphatic rings. The Morgan fingerprint density at radius 1 is 0.619 bits per heavy atom. The first-order valence-corrected chi connectivity index (χ1v) is 22.6. The molecule has 4 heterocycles. The second-order valence-corrected chi connectivity index (χ2v) is 18.4. The van der Waals surface area contributed by atoms with Crippen LogP contribution in [0.5, 0.6) is 0 Å². The molecule has 3 fully saturated rings. The molecule has 2 aromatic heterocycles. The number of hydrogen-bond acceptors (Lipinski definition) is 8. The molecule has 1 saturated carbocycles. The van der Waals surface area contributed by atoms with Crippen molar-refractivity contribution in [3.8, 4) is 33.6 Å². The second-order valence-electron chi connectivity index (χ2n) is 18.4. The molecule has 2 saturated heterocycles. The molecule has 9 rings (SSSR count). The summed E-state index contributed by atoms with van der Waals surface area (Å²) >= 11 is 0. The lowest BCUT2D eigenvalue weighted by Crippen LogP contribution is -2.51. The Morgan fingerprint density at radius 3 is 1.57 bits per heavy atom. The van der Waals surface area contributed by atoms with Gasteiger partial charge in [0.2, 0.25) is 11.8 Å². The predicted molar refractivity (Wildman–Crippen MR) is 240 cm³/mol. The van der Waals surface area contributed by atoms with Crippen molar-refractivity contribution in [3.05, 3.63) is 83.7 Å². The molecule has 63 heavy (non-hydrogen) atoms. The minimum atomic E-state index is -0.700. The van der Waals surface area contributed by atoms with Crippen molar-refractivity contribution in [2.45, 2.75) is 109 Å². The number of likely N-dealkylation sites (tertiary alicyclic amines) is 2. The average molecular weight is 855 g/mol. The lowest BCUT2D eigenvalue weighted by atomic mass is 9.81. The number of benzene rings is 3. The van der Waals surface area contributed by atoms with E-state index in [0.29, 0.717) is 24.9 Å². The predicted octanol–water partition coefficient (Wildman–Crippen LogP) is 8.74. The van der Waals surface area contributed by atoms with Crippen molar-refractivity contribution < 1.29 is 28.7 Å². The van der Waals surface area contributed by atoms with Gasteiger partial charge in [-0.2, -0.15) is 0 Å². The highest BCUT2D eigenvalue weighted by Gasteiger charge is 2.42. The first-order valence-electron chi connectivity index (χ1n) is 22.6. The van der Waals surface area contributed by atoms with Gasteiger partial charge in [0.1, 0.15) is 23.7 Å². The number of carbonyl (C=O) groups excluding carboxylic acids is 4. The van der Waals surface area contributed by atoms with Crippen LogP contribution in [0.3, 0.4) is 0 Å². The minimum absolute atomic E-state index is 0.109. The maximum Gasteiger partial charge on any atom is 0.407 e. The molecule has 4 amide bonds. The molecule has 330 valence electrons. The number of alkyl carbamates (subject to hydrolysis) is 2. The maximum atomic E-state index is 13.9. The summed E-state index contributed by atoms with van der Waals surface area (Å²) in [7, 11) is 2.61. The average Bonchev–Trinajstić information content (AvgIpc) is 4.16. The summed E-state index contributed by atoms with van der Waals surface area (Å²) in [5, 5.41) is 7.75. The number of hydrogen-bond donors (Lipinski definition) is 4. The van der Waals surface area contributed by atoms with Crippen molar-refractivity contribution in [1.82, 2.24) is 40.4 Å². The summed E-state index contributed by atoms with van der Waals surface area (Å²) < 4.78 is 9.65. The molecule has 2 bridgehead atoms. The smallest absolute Gasteiger partial charge is 0.407 e. The number of carbonyl (C=O) groups is 4. The van der Waals surface area contributed by atoms with E-state index in [1.54, 1.807) is 0 Å². The van der Waals surface area contributed by atoms with E-state index in [4.69, 9.17) is 19.4 Å². The lowest BCUT2D eigenvalue weighted by molar-refractivity contribution is -0.136. The summed E-state index contributed by atoms with van der Waals surface area (Å²) in [6.07, 6.45) is 9.30. The Bertz CT molecular complexity index is 2560. The highest BCUT2D eigenvalue weighted by atomic mass is 16.5. The molecule has 0 radical (unpaired) electrons. The number of methoxy groups -OCH3 is 2. The number of aromatic amines is 2. The van der Waals surface area contributed by atoms with Crippen molar-refractivity contribution in [3.63, 3.8) is 0 Å². The van der Waals surface area contributed by atoms with Gasteiger partial charge in [0.05, 0.1) is 50.1 Å². The number of nitrogens with one attached hydrogen (secondary N) is 4. The number of ether oxygens (including phenoxy) is 2. The molecule has 14 nitrogen and oxygen atoms in total. The monoisotopic (exact) mass is 854 g/mol. The van der Waals surface area contributed by atoms with E-state index in [-0.39, 0.29) is 35.7 Å². The van der Waals surface area contributed by atoms with E-state index in [1.165, 1.54) is 48.5 Å².